The molecule has 0 radical (unpaired) electrons. The van der Waals surface area contributed by atoms with Gasteiger partial charge in [-0.2, -0.15) is 0 Å². The zero-order chi connectivity index (χ0) is 17.2. The zero-order valence-electron chi connectivity index (χ0n) is 13.4. The van der Waals surface area contributed by atoms with Gasteiger partial charge in [0.2, 0.25) is 10.0 Å². The minimum atomic E-state index is -3.54. The van der Waals surface area contributed by atoms with Crippen molar-refractivity contribution < 1.29 is 12.9 Å². The normalized spacial score (nSPS) is 13.1. The number of nitrogens with zero attached hydrogens (tertiary/aromatic N) is 1. The van der Waals surface area contributed by atoms with Crippen LogP contribution in [0.15, 0.2) is 57.3 Å². The van der Waals surface area contributed by atoms with Crippen molar-refractivity contribution in [1.82, 2.24) is 9.88 Å². The highest BCUT2D eigenvalue weighted by Gasteiger charge is 2.19. The lowest BCUT2D eigenvalue weighted by atomic mass is 10.0. The van der Waals surface area contributed by atoms with E-state index in [-0.39, 0.29) is 10.1 Å². The van der Waals surface area contributed by atoms with Crippen LogP contribution >= 0.6 is 11.3 Å². The molecule has 1 aromatic carbocycles. The van der Waals surface area contributed by atoms with Crippen LogP contribution in [0.25, 0.3) is 10.6 Å². The van der Waals surface area contributed by atoms with Gasteiger partial charge in [0.15, 0.2) is 5.76 Å². The SMILES string of the molecule is Cc1cc(-c2ccc(S(=O)(=O)NC[C@@H](C)c3ccccc3)s2)on1. The standard InChI is InChI=1S/C17H18N2O3S2/c1-12(14-6-4-3-5-7-14)11-18-24(20,21)17-9-8-16(23-17)15-10-13(2)19-22-15/h3-10,12,18H,11H2,1-2H3/t12-/m1/s1. The molecule has 0 unspecified atom stereocenters. The molecule has 0 aliphatic heterocycles. The van der Waals surface area contributed by atoms with Gasteiger partial charge in [-0.15, -0.1) is 11.3 Å². The van der Waals surface area contributed by atoms with E-state index in [1.165, 1.54) is 11.3 Å². The van der Waals surface area contributed by atoms with Gasteiger partial charge in [0.1, 0.15) is 4.21 Å². The number of aryl methyl sites for hydroxylation is 1. The van der Waals surface area contributed by atoms with Crippen molar-refractivity contribution in [3.63, 3.8) is 0 Å². The Kier molecular flexibility index (Phi) is 4.84. The second-order valence-electron chi connectivity index (χ2n) is 5.61. The fourth-order valence-electron chi connectivity index (χ4n) is 2.28. The maximum Gasteiger partial charge on any atom is 0.250 e. The van der Waals surface area contributed by atoms with E-state index in [2.05, 4.69) is 9.88 Å². The van der Waals surface area contributed by atoms with Crippen LogP contribution in [-0.2, 0) is 10.0 Å². The van der Waals surface area contributed by atoms with Crippen LogP contribution in [0.4, 0.5) is 0 Å². The summed E-state index contributed by atoms with van der Waals surface area (Å²) in [4.78, 5) is 0.743. The number of aromatic nitrogens is 1. The van der Waals surface area contributed by atoms with Crippen molar-refractivity contribution in [2.24, 2.45) is 0 Å². The summed E-state index contributed by atoms with van der Waals surface area (Å²) in [5, 5.41) is 3.82. The van der Waals surface area contributed by atoms with Gasteiger partial charge in [0, 0.05) is 12.6 Å². The molecule has 1 N–H and O–H groups in total. The summed E-state index contributed by atoms with van der Waals surface area (Å²) >= 11 is 1.17. The predicted octanol–water partition coefficient (Wildman–Crippen LogP) is 3.79. The highest BCUT2D eigenvalue weighted by molar-refractivity contribution is 7.91. The summed E-state index contributed by atoms with van der Waals surface area (Å²) < 4.78 is 33.1. The Bertz CT molecular complexity index is 914. The average Bonchev–Trinajstić information content (AvgIpc) is 3.22. The summed E-state index contributed by atoms with van der Waals surface area (Å²) in [6.07, 6.45) is 0. The van der Waals surface area contributed by atoms with E-state index in [0.29, 0.717) is 12.3 Å². The predicted molar refractivity (Wildman–Crippen MR) is 94.6 cm³/mol. The summed E-state index contributed by atoms with van der Waals surface area (Å²) in [6.45, 7) is 4.17. The number of rotatable bonds is 6. The first-order chi connectivity index (χ1) is 11.5. The third-order valence-electron chi connectivity index (χ3n) is 3.67. The molecule has 24 heavy (non-hydrogen) atoms. The van der Waals surface area contributed by atoms with Gasteiger partial charge in [0.25, 0.3) is 0 Å². The summed E-state index contributed by atoms with van der Waals surface area (Å²) in [5.74, 6) is 0.675. The molecule has 0 saturated heterocycles. The third kappa shape index (κ3) is 3.75. The lowest BCUT2D eigenvalue weighted by Crippen LogP contribution is -2.27. The molecule has 0 aliphatic carbocycles. The molecule has 126 valence electrons. The van der Waals surface area contributed by atoms with Crippen LogP contribution in [-0.4, -0.2) is 20.1 Å². The van der Waals surface area contributed by atoms with Gasteiger partial charge in [-0.05, 0) is 30.5 Å². The van der Waals surface area contributed by atoms with E-state index >= 15 is 0 Å². The second-order valence-corrected chi connectivity index (χ2v) is 8.69. The molecule has 3 rings (SSSR count). The molecule has 0 spiro atoms. The molecule has 0 fully saturated rings. The molecule has 3 aromatic rings. The fourth-order valence-corrected chi connectivity index (χ4v) is 4.71. The maximum atomic E-state index is 12.5. The molecule has 2 heterocycles. The largest absolute Gasteiger partial charge is 0.355 e. The Hall–Kier alpha value is -1.96. The van der Waals surface area contributed by atoms with Crippen LogP contribution in [0.5, 0.6) is 0 Å². The molecule has 7 heteroatoms. The van der Waals surface area contributed by atoms with Crippen molar-refractivity contribution in [3.8, 4) is 10.6 Å². The zero-order valence-corrected chi connectivity index (χ0v) is 15.0. The van der Waals surface area contributed by atoms with Gasteiger partial charge in [-0.1, -0.05) is 42.4 Å². The summed E-state index contributed by atoms with van der Waals surface area (Å²) in [6, 6.07) is 14.9. The van der Waals surface area contributed by atoms with Crippen molar-refractivity contribution in [3.05, 3.63) is 59.8 Å². The first kappa shape index (κ1) is 16.9. The molecule has 5 nitrogen and oxygen atoms in total. The van der Waals surface area contributed by atoms with Crippen molar-refractivity contribution in [2.75, 3.05) is 6.54 Å². The van der Waals surface area contributed by atoms with Gasteiger partial charge in [-0.25, -0.2) is 13.1 Å². The van der Waals surface area contributed by atoms with Crippen LogP contribution < -0.4 is 4.72 Å². The Morgan fingerprint density at radius 1 is 1.21 bits per heavy atom. The maximum absolute atomic E-state index is 12.5. The summed E-state index contributed by atoms with van der Waals surface area (Å²) in [7, 11) is -3.54. The van der Waals surface area contributed by atoms with E-state index in [4.69, 9.17) is 4.52 Å². The third-order valence-corrected chi connectivity index (χ3v) is 6.68. The quantitative estimate of drug-likeness (QED) is 0.724. The highest BCUT2D eigenvalue weighted by atomic mass is 32.2. The van der Waals surface area contributed by atoms with E-state index < -0.39 is 10.0 Å². The molecular weight excluding hydrogens is 344 g/mol. The second kappa shape index (κ2) is 6.88. The Morgan fingerprint density at radius 3 is 2.62 bits per heavy atom. The minimum absolute atomic E-state index is 0.0948. The molecule has 0 bridgehead atoms. The topological polar surface area (TPSA) is 72.2 Å². The number of hydrogen-bond donors (Lipinski definition) is 1. The molecule has 2 aromatic heterocycles. The van der Waals surface area contributed by atoms with Crippen LogP contribution in [0.2, 0.25) is 0 Å². The molecule has 0 saturated carbocycles. The molecule has 1 atom stereocenters. The first-order valence-corrected chi connectivity index (χ1v) is 9.84. The summed E-state index contributed by atoms with van der Waals surface area (Å²) in [5.41, 5.74) is 1.86. The first-order valence-electron chi connectivity index (χ1n) is 7.54. The van der Waals surface area contributed by atoms with E-state index in [1.807, 2.05) is 44.2 Å². The molecule has 0 amide bonds. The van der Waals surface area contributed by atoms with Gasteiger partial charge < -0.3 is 4.52 Å². The smallest absolute Gasteiger partial charge is 0.250 e. The number of hydrogen-bond acceptors (Lipinski definition) is 5. The van der Waals surface area contributed by atoms with E-state index in [1.54, 1.807) is 18.2 Å². The Morgan fingerprint density at radius 2 is 1.96 bits per heavy atom. The number of sulfonamides is 1. The number of benzene rings is 1. The van der Waals surface area contributed by atoms with Gasteiger partial charge >= 0.3 is 0 Å². The fraction of sp³-hybridized carbons (Fsp3) is 0.235. The van der Waals surface area contributed by atoms with E-state index in [9.17, 15) is 8.42 Å². The van der Waals surface area contributed by atoms with Crippen molar-refractivity contribution >= 4 is 21.4 Å². The minimum Gasteiger partial charge on any atom is -0.355 e. The monoisotopic (exact) mass is 362 g/mol. The van der Waals surface area contributed by atoms with E-state index in [0.717, 1.165) is 16.1 Å². The number of nitrogens with one attached hydrogen (secondary N) is 1. The van der Waals surface area contributed by atoms with Crippen LogP contribution in [0.1, 0.15) is 24.1 Å². The highest BCUT2D eigenvalue weighted by Crippen LogP contribution is 2.31. The molecular formula is C17H18N2O3S2. The van der Waals surface area contributed by atoms with Crippen LogP contribution in [0, 0.1) is 6.92 Å². The van der Waals surface area contributed by atoms with Crippen molar-refractivity contribution in [1.29, 1.82) is 0 Å². The lowest BCUT2D eigenvalue weighted by molar-refractivity contribution is 0.428. The molecule has 0 aliphatic rings. The Labute approximate surface area is 145 Å². The average molecular weight is 362 g/mol. The lowest BCUT2D eigenvalue weighted by Gasteiger charge is -2.12. The van der Waals surface area contributed by atoms with Crippen molar-refractivity contribution in [2.45, 2.75) is 24.0 Å². The number of thiophene rings is 1. The Balaban J connectivity index is 1.71. The van der Waals surface area contributed by atoms with Gasteiger partial charge in [0.05, 0.1) is 10.6 Å². The van der Waals surface area contributed by atoms with Crippen LogP contribution in [0.3, 0.4) is 0 Å². The van der Waals surface area contributed by atoms with Gasteiger partial charge in [-0.3, -0.25) is 0 Å².